The summed E-state index contributed by atoms with van der Waals surface area (Å²) < 4.78 is 42.9. The highest BCUT2D eigenvalue weighted by Crippen LogP contribution is 2.25. The van der Waals surface area contributed by atoms with E-state index in [0.29, 0.717) is 11.4 Å². The molecule has 202 valence electrons. The van der Waals surface area contributed by atoms with Crippen molar-refractivity contribution < 1.29 is 22.4 Å². The SMILES string of the molecule is CC[C@H](C)NC(=O)[C@H](C)N(Cc1ccccc1F)C(=O)CN(c1ccccc1)S(=O)(=O)c1ccc(Cl)cc1. The molecular formula is C28H31ClFN3O4S. The Kier molecular flexibility index (Phi) is 9.88. The van der Waals surface area contributed by atoms with E-state index in [1.807, 2.05) is 13.8 Å². The maximum atomic E-state index is 14.6. The molecule has 0 radical (unpaired) electrons. The Bertz CT molecular complexity index is 1350. The van der Waals surface area contributed by atoms with Crippen LogP contribution in [0.3, 0.4) is 0 Å². The molecule has 0 bridgehead atoms. The molecular weight excluding hydrogens is 529 g/mol. The van der Waals surface area contributed by atoms with E-state index in [0.717, 1.165) is 4.31 Å². The molecule has 0 saturated heterocycles. The third kappa shape index (κ3) is 7.11. The van der Waals surface area contributed by atoms with Crippen LogP contribution < -0.4 is 9.62 Å². The maximum absolute atomic E-state index is 14.6. The molecule has 3 aromatic carbocycles. The van der Waals surface area contributed by atoms with Crippen LogP contribution in [-0.2, 0) is 26.2 Å². The predicted octanol–water partition coefficient (Wildman–Crippen LogP) is 5.01. The lowest BCUT2D eigenvalue weighted by molar-refractivity contribution is -0.139. The van der Waals surface area contributed by atoms with E-state index in [1.165, 1.54) is 54.3 Å². The number of carbonyl (C=O) groups excluding carboxylic acids is 2. The van der Waals surface area contributed by atoms with Gasteiger partial charge in [-0.25, -0.2) is 12.8 Å². The number of sulfonamides is 1. The first-order valence-corrected chi connectivity index (χ1v) is 14.0. The van der Waals surface area contributed by atoms with Crippen LogP contribution in [-0.4, -0.2) is 43.8 Å². The minimum Gasteiger partial charge on any atom is -0.352 e. The molecule has 0 fully saturated rings. The van der Waals surface area contributed by atoms with Gasteiger partial charge in [0, 0.05) is 23.2 Å². The minimum atomic E-state index is -4.20. The van der Waals surface area contributed by atoms with Crippen molar-refractivity contribution in [1.29, 1.82) is 0 Å². The third-order valence-corrected chi connectivity index (χ3v) is 8.23. The van der Waals surface area contributed by atoms with Gasteiger partial charge in [0.25, 0.3) is 10.0 Å². The maximum Gasteiger partial charge on any atom is 0.264 e. The van der Waals surface area contributed by atoms with Gasteiger partial charge in [-0.2, -0.15) is 0 Å². The number of benzene rings is 3. The van der Waals surface area contributed by atoms with Gasteiger partial charge in [-0.3, -0.25) is 13.9 Å². The minimum absolute atomic E-state index is 0.0539. The predicted molar refractivity (Wildman–Crippen MR) is 147 cm³/mol. The first-order valence-electron chi connectivity index (χ1n) is 12.2. The standard InChI is InChI=1S/C28H31ClFN3O4S/c1-4-20(2)31-28(35)21(3)32(18-22-10-8-9-13-26(22)30)27(34)19-33(24-11-6-5-7-12-24)38(36,37)25-16-14-23(29)15-17-25/h5-17,20-21H,4,18-19H2,1-3H3,(H,31,35)/t20-,21-/m0/s1. The fourth-order valence-electron chi connectivity index (χ4n) is 3.72. The number of hydrogen-bond donors (Lipinski definition) is 1. The van der Waals surface area contributed by atoms with Gasteiger partial charge < -0.3 is 10.2 Å². The molecule has 0 heterocycles. The molecule has 0 aliphatic rings. The summed E-state index contributed by atoms with van der Waals surface area (Å²) in [5.74, 6) is -1.62. The number of halogens is 2. The fourth-order valence-corrected chi connectivity index (χ4v) is 5.26. The normalized spacial score (nSPS) is 12.9. The zero-order valence-electron chi connectivity index (χ0n) is 21.5. The number of hydrogen-bond acceptors (Lipinski definition) is 4. The Labute approximate surface area is 228 Å². The summed E-state index contributed by atoms with van der Waals surface area (Å²) in [6, 6.07) is 18.6. The van der Waals surface area contributed by atoms with Gasteiger partial charge >= 0.3 is 0 Å². The lowest BCUT2D eigenvalue weighted by Gasteiger charge is -2.32. The van der Waals surface area contributed by atoms with Crippen LogP contribution >= 0.6 is 11.6 Å². The summed E-state index contributed by atoms with van der Waals surface area (Å²) in [4.78, 5) is 27.9. The van der Waals surface area contributed by atoms with E-state index in [-0.39, 0.29) is 28.7 Å². The number of rotatable bonds is 11. The Balaban J connectivity index is 2.01. The highest BCUT2D eigenvalue weighted by molar-refractivity contribution is 7.92. The largest absolute Gasteiger partial charge is 0.352 e. The van der Waals surface area contributed by atoms with Gasteiger partial charge in [0.15, 0.2) is 0 Å². The van der Waals surface area contributed by atoms with Gasteiger partial charge in [0.05, 0.1) is 10.6 Å². The second-order valence-corrected chi connectivity index (χ2v) is 11.2. The van der Waals surface area contributed by atoms with Crippen molar-refractivity contribution >= 4 is 39.1 Å². The average molecular weight is 560 g/mol. The Morgan fingerprint density at radius 3 is 2.16 bits per heavy atom. The van der Waals surface area contributed by atoms with E-state index >= 15 is 0 Å². The molecule has 2 amide bonds. The zero-order valence-corrected chi connectivity index (χ0v) is 23.0. The summed E-state index contributed by atoms with van der Waals surface area (Å²) in [6.45, 7) is 4.46. The number of anilines is 1. The van der Waals surface area contributed by atoms with E-state index in [1.54, 1.807) is 36.4 Å². The lowest BCUT2D eigenvalue weighted by atomic mass is 10.1. The summed E-state index contributed by atoms with van der Waals surface area (Å²) >= 11 is 5.95. The van der Waals surface area contributed by atoms with E-state index in [4.69, 9.17) is 11.6 Å². The van der Waals surface area contributed by atoms with Crippen molar-refractivity contribution in [2.45, 2.75) is 50.7 Å². The van der Waals surface area contributed by atoms with Gasteiger partial charge in [-0.1, -0.05) is 54.9 Å². The topological polar surface area (TPSA) is 86.8 Å². The van der Waals surface area contributed by atoms with Crippen molar-refractivity contribution in [3.63, 3.8) is 0 Å². The Morgan fingerprint density at radius 2 is 1.55 bits per heavy atom. The van der Waals surface area contributed by atoms with Crippen LogP contribution in [0, 0.1) is 5.82 Å². The average Bonchev–Trinajstić information content (AvgIpc) is 2.91. The molecule has 0 aliphatic carbocycles. The number of carbonyl (C=O) groups is 2. The summed E-state index contributed by atoms with van der Waals surface area (Å²) in [5, 5.41) is 3.20. The van der Waals surface area contributed by atoms with Crippen LogP contribution in [0.15, 0.2) is 83.8 Å². The van der Waals surface area contributed by atoms with E-state index < -0.39 is 40.2 Å². The van der Waals surface area contributed by atoms with Gasteiger partial charge in [-0.05, 0) is 62.7 Å². The van der Waals surface area contributed by atoms with E-state index in [9.17, 15) is 22.4 Å². The fraction of sp³-hybridized carbons (Fsp3) is 0.286. The second kappa shape index (κ2) is 12.9. The molecule has 0 aromatic heterocycles. The smallest absolute Gasteiger partial charge is 0.264 e. The Hall–Kier alpha value is -3.43. The van der Waals surface area contributed by atoms with Gasteiger partial charge in [-0.15, -0.1) is 0 Å². The third-order valence-electron chi connectivity index (χ3n) is 6.19. The number of nitrogens with zero attached hydrogens (tertiary/aromatic N) is 2. The quantitative estimate of drug-likeness (QED) is 0.358. The number of amides is 2. The van der Waals surface area contributed by atoms with E-state index in [2.05, 4.69) is 5.32 Å². The van der Waals surface area contributed by atoms with Gasteiger partial charge in [0.2, 0.25) is 11.8 Å². The van der Waals surface area contributed by atoms with Crippen molar-refractivity contribution in [3.05, 3.63) is 95.3 Å². The molecule has 1 N–H and O–H groups in total. The summed E-state index contributed by atoms with van der Waals surface area (Å²) in [7, 11) is -4.20. The highest BCUT2D eigenvalue weighted by atomic mass is 35.5. The monoisotopic (exact) mass is 559 g/mol. The molecule has 0 spiro atoms. The molecule has 3 aromatic rings. The molecule has 3 rings (SSSR count). The number of para-hydroxylation sites is 1. The lowest BCUT2D eigenvalue weighted by Crippen LogP contribution is -2.52. The van der Waals surface area contributed by atoms with Crippen molar-refractivity contribution in [2.24, 2.45) is 0 Å². The molecule has 0 unspecified atom stereocenters. The molecule has 0 aliphatic heterocycles. The molecule has 2 atom stereocenters. The first-order chi connectivity index (χ1) is 18.0. The van der Waals surface area contributed by atoms with Crippen molar-refractivity contribution in [2.75, 3.05) is 10.8 Å². The van der Waals surface area contributed by atoms with Crippen LogP contribution in [0.4, 0.5) is 10.1 Å². The first kappa shape index (κ1) is 29.1. The molecule has 0 saturated carbocycles. The van der Waals surface area contributed by atoms with Gasteiger partial charge in [0.1, 0.15) is 18.4 Å². The Morgan fingerprint density at radius 1 is 0.947 bits per heavy atom. The van der Waals surface area contributed by atoms with Crippen molar-refractivity contribution in [1.82, 2.24) is 10.2 Å². The number of nitrogens with one attached hydrogen (secondary N) is 1. The molecule has 38 heavy (non-hydrogen) atoms. The molecule has 7 nitrogen and oxygen atoms in total. The summed E-state index contributed by atoms with van der Waals surface area (Å²) in [6.07, 6.45) is 0.681. The summed E-state index contributed by atoms with van der Waals surface area (Å²) in [5.41, 5.74) is 0.467. The highest BCUT2D eigenvalue weighted by Gasteiger charge is 2.33. The van der Waals surface area contributed by atoms with Crippen LogP contribution in [0.1, 0.15) is 32.8 Å². The van der Waals surface area contributed by atoms with Crippen LogP contribution in [0.25, 0.3) is 0 Å². The second-order valence-electron chi connectivity index (χ2n) is 8.91. The molecule has 10 heteroatoms. The van der Waals surface area contributed by atoms with Crippen LogP contribution in [0.5, 0.6) is 0 Å². The zero-order chi connectivity index (χ0) is 27.9. The van der Waals surface area contributed by atoms with Crippen LogP contribution in [0.2, 0.25) is 5.02 Å². The van der Waals surface area contributed by atoms with Crippen molar-refractivity contribution in [3.8, 4) is 0 Å².